The fourth-order valence-electron chi connectivity index (χ4n) is 2.36. The lowest BCUT2D eigenvalue weighted by atomic mass is 10.2. The molecule has 3 N–H and O–H groups in total. The number of carbonyl (C=O) groups is 3. The van der Waals surface area contributed by atoms with Gasteiger partial charge in [-0.3, -0.25) is 4.79 Å². The van der Waals surface area contributed by atoms with Gasteiger partial charge in [0, 0.05) is 5.69 Å². The fraction of sp³-hybridized carbons (Fsp3) is 0.286. The fourth-order valence-corrected chi connectivity index (χ4v) is 2.36. The number of methoxy groups -OCH3 is 1. The van der Waals surface area contributed by atoms with Crippen LogP contribution in [0.5, 0.6) is 5.75 Å². The number of nitrogens with one attached hydrogen (secondary N) is 1. The van der Waals surface area contributed by atoms with E-state index in [1.165, 1.54) is 19.2 Å². The molecule has 0 heterocycles. The van der Waals surface area contributed by atoms with Crippen LogP contribution in [0.15, 0.2) is 42.5 Å². The molecule has 8 nitrogen and oxygen atoms in total. The number of nitrogens with two attached hydrogens (primary N) is 1. The van der Waals surface area contributed by atoms with Crippen LogP contribution in [0.2, 0.25) is 0 Å². The first-order chi connectivity index (χ1) is 13.9. The summed E-state index contributed by atoms with van der Waals surface area (Å²) >= 11 is 0. The molecular formula is C21H24N2O6. The first kappa shape index (κ1) is 21.7. The van der Waals surface area contributed by atoms with Gasteiger partial charge in [-0.15, -0.1) is 0 Å². The number of anilines is 2. The number of benzene rings is 2. The van der Waals surface area contributed by atoms with E-state index >= 15 is 0 Å². The Morgan fingerprint density at radius 1 is 0.966 bits per heavy atom. The number of unbranched alkanes of at least 4 members (excludes halogenated alkanes) is 1. The van der Waals surface area contributed by atoms with E-state index in [-0.39, 0.29) is 5.56 Å². The zero-order valence-corrected chi connectivity index (χ0v) is 16.4. The van der Waals surface area contributed by atoms with Crippen LogP contribution >= 0.6 is 0 Å². The third-order valence-corrected chi connectivity index (χ3v) is 3.94. The maximum atomic E-state index is 12.0. The van der Waals surface area contributed by atoms with Crippen LogP contribution < -0.4 is 15.8 Å². The lowest BCUT2D eigenvalue weighted by Crippen LogP contribution is -2.21. The highest BCUT2D eigenvalue weighted by Crippen LogP contribution is 2.22. The molecule has 0 bridgehead atoms. The predicted octanol–water partition coefficient (Wildman–Crippen LogP) is 3.03. The third kappa shape index (κ3) is 6.53. The van der Waals surface area contributed by atoms with Crippen LogP contribution in [0.25, 0.3) is 0 Å². The molecule has 154 valence electrons. The van der Waals surface area contributed by atoms with Crippen molar-refractivity contribution in [1.82, 2.24) is 0 Å². The van der Waals surface area contributed by atoms with Crippen LogP contribution in [0.4, 0.5) is 11.4 Å². The van der Waals surface area contributed by atoms with Gasteiger partial charge in [0.25, 0.3) is 5.91 Å². The largest absolute Gasteiger partial charge is 0.495 e. The van der Waals surface area contributed by atoms with Gasteiger partial charge in [0.15, 0.2) is 6.61 Å². The lowest BCUT2D eigenvalue weighted by Gasteiger charge is -2.09. The Kier molecular flexibility index (Phi) is 8.02. The minimum Gasteiger partial charge on any atom is -0.495 e. The zero-order chi connectivity index (χ0) is 21.2. The molecule has 2 rings (SSSR count). The second-order valence-corrected chi connectivity index (χ2v) is 6.15. The normalized spacial score (nSPS) is 10.1. The van der Waals surface area contributed by atoms with Gasteiger partial charge < -0.3 is 25.3 Å². The number of hydrogen-bond donors (Lipinski definition) is 2. The Morgan fingerprint density at radius 2 is 1.62 bits per heavy atom. The van der Waals surface area contributed by atoms with Gasteiger partial charge in [0.1, 0.15) is 5.75 Å². The molecule has 0 radical (unpaired) electrons. The van der Waals surface area contributed by atoms with Crippen molar-refractivity contribution in [3.63, 3.8) is 0 Å². The molecule has 0 saturated heterocycles. The van der Waals surface area contributed by atoms with Gasteiger partial charge in [-0.2, -0.15) is 0 Å². The van der Waals surface area contributed by atoms with Crippen molar-refractivity contribution >= 4 is 29.2 Å². The highest BCUT2D eigenvalue weighted by Gasteiger charge is 2.13. The van der Waals surface area contributed by atoms with Crippen molar-refractivity contribution in [2.24, 2.45) is 0 Å². The van der Waals surface area contributed by atoms with Gasteiger partial charge in [-0.05, 0) is 48.9 Å². The molecule has 0 aliphatic heterocycles. The molecular weight excluding hydrogens is 376 g/mol. The summed E-state index contributed by atoms with van der Waals surface area (Å²) in [4.78, 5) is 35.9. The van der Waals surface area contributed by atoms with Crippen LogP contribution in [0.3, 0.4) is 0 Å². The minimum atomic E-state index is -0.681. The Bertz CT molecular complexity index is 864. The average molecular weight is 400 g/mol. The second kappa shape index (κ2) is 10.7. The first-order valence-corrected chi connectivity index (χ1v) is 9.12. The van der Waals surface area contributed by atoms with Crippen LogP contribution in [-0.4, -0.2) is 38.2 Å². The van der Waals surface area contributed by atoms with E-state index in [9.17, 15) is 14.4 Å². The molecule has 0 saturated carbocycles. The highest BCUT2D eigenvalue weighted by molar-refractivity contribution is 5.96. The molecule has 0 spiro atoms. The Balaban J connectivity index is 1.83. The Labute approximate surface area is 168 Å². The number of esters is 2. The van der Waals surface area contributed by atoms with E-state index in [0.29, 0.717) is 29.3 Å². The monoisotopic (exact) mass is 400 g/mol. The van der Waals surface area contributed by atoms with Crippen molar-refractivity contribution in [2.75, 3.05) is 31.4 Å². The Morgan fingerprint density at radius 3 is 2.24 bits per heavy atom. The van der Waals surface area contributed by atoms with Gasteiger partial charge in [0.2, 0.25) is 0 Å². The molecule has 0 aliphatic rings. The number of carbonyl (C=O) groups excluding carboxylic acids is 3. The van der Waals surface area contributed by atoms with Crippen LogP contribution in [-0.2, 0) is 14.3 Å². The maximum Gasteiger partial charge on any atom is 0.338 e. The van der Waals surface area contributed by atoms with Gasteiger partial charge in [-0.25, -0.2) is 9.59 Å². The SMILES string of the molecule is CCCCOC(=O)c1ccc(NC(=O)COC(=O)c2ccc(OC)c(N)c2)cc1. The van der Waals surface area contributed by atoms with E-state index in [4.69, 9.17) is 19.9 Å². The number of amides is 1. The summed E-state index contributed by atoms with van der Waals surface area (Å²) in [6.07, 6.45) is 1.75. The van der Waals surface area contributed by atoms with E-state index in [1.54, 1.807) is 30.3 Å². The standard InChI is InChI=1S/C21H24N2O6/c1-3-4-11-28-20(25)14-5-8-16(9-6-14)23-19(24)13-29-21(26)15-7-10-18(27-2)17(22)12-15/h5-10,12H,3-4,11,13,22H2,1-2H3,(H,23,24). The van der Waals surface area contributed by atoms with Crippen molar-refractivity contribution in [1.29, 1.82) is 0 Å². The summed E-state index contributed by atoms with van der Waals surface area (Å²) in [5, 5.41) is 2.58. The average Bonchev–Trinajstić information content (AvgIpc) is 2.72. The second-order valence-electron chi connectivity index (χ2n) is 6.15. The van der Waals surface area contributed by atoms with Crippen molar-refractivity contribution < 1.29 is 28.6 Å². The summed E-state index contributed by atoms with van der Waals surface area (Å²) < 4.78 is 15.1. The van der Waals surface area contributed by atoms with E-state index < -0.39 is 24.5 Å². The summed E-state index contributed by atoms with van der Waals surface area (Å²) in [7, 11) is 1.47. The third-order valence-electron chi connectivity index (χ3n) is 3.94. The lowest BCUT2D eigenvalue weighted by molar-refractivity contribution is -0.119. The van der Waals surface area contributed by atoms with Gasteiger partial charge in [0.05, 0.1) is 30.5 Å². The van der Waals surface area contributed by atoms with Crippen molar-refractivity contribution in [3.8, 4) is 5.75 Å². The van der Waals surface area contributed by atoms with Crippen molar-refractivity contribution in [2.45, 2.75) is 19.8 Å². The summed E-state index contributed by atoms with van der Waals surface area (Å²) in [5.41, 5.74) is 7.11. The molecule has 0 unspecified atom stereocenters. The summed E-state index contributed by atoms with van der Waals surface area (Å²) in [6.45, 7) is 1.92. The molecule has 0 aliphatic carbocycles. The number of nitrogen functional groups attached to an aromatic ring is 1. The molecule has 1 amide bonds. The summed E-state index contributed by atoms with van der Waals surface area (Å²) in [6, 6.07) is 10.7. The van der Waals surface area contributed by atoms with E-state index in [2.05, 4.69) is 5.32 Å². The van der Waals surface area contributed by atoms with Gasteiger partial charge >= 0.3 is 11.9 Å². The molecule has 0 fully saturated rings. The van der Waals surface area contributed by atoms with Crippen LogP contribution in [0.1, 0.15) is 40.5 Å². The Hall–Kier alpha value is -3.55. The minimum absolute atomic E-state index is 0.210. The molecule has 2 aromatic carbocycles. The summed E-state index contributed by atoms with van der Waals surface area (Å²) in [5.74, 6) is -1.17. The number of rotatable bonds is 9. The highest BCUT2D eigenvalue weighted by atomic mass is 16.5. The quantitative estimate of drug-likeness (QED) is 0.377. The molecule has 8 heteroatoms. The van der Waals surface area contributed by atoms with Crippen molar-refractivity contribution in [3.05, 3.63) is 53.6 Å². The predicted molar refractivity (Wildman–Crippen MR) is 108 cm³/mol. The zero-order valence-electron chi connectivity index (χ0n) is 16.4. The molecule has 2 aromatic rings. The smallest absolute Gasteiger partial charge is 0.338 e. The number of hydrogen-bond acceptors (Lipinski definition) is 7. The van der Waals surface area contributed by atoms with Crippen LogP contribution in [0, 0.1) is 0 Å². The molecule has 0 atom stereocenters. The maximum absolute atomic E-state index is 12.0. The molecule has 29 heavy (non-hydrogen) atoms. The number of ether oxygens (including phenoxy) is 3. The topological polar surface area (TPSA) is 117 Å². The van der Waals surface area contributed by atoms with Gasteiger partial charge in [-0.1, -0.05) is 13.3 Å². The van der Waals surface area contributed by atoms with E-state index in [0.717, 1.165) is 12.8 Å². The molecule has 0 aromatic heterocycles. The van der Waals surface area contributed by atoms with E-state index in [1.807, 2.05) is 6.92 Å². The first-order valence-electron chi connectivity index (χ1n) is 9.12.